The Bertz CT molecular complexity index is 438. The van der Waals surface area contributed by atoms with Crippen molar-refractivity contribution in [2.24, 2.45) is 4.95 Å². The zero-order valence-corrected chi connectivity index (χ0v) is 9.94. The van der Waals surface area contributed by atoms with Crippen LogP contribution in [-0.4, -0.2) is 11.7 Å². The van der Waals surface area contributed by atoms with E-state index in [9.17, 15) is 9.47 Å². The highest BCUT2D eigenvalue weighted by Gasteiger charge is 2.20. The Hall–Kier alpha value is -0.940. The summed E-state index contributed by atoms with van der Waals surface area (Å²) in [4.78, 5) is 20.4. The van der Waals surface area contributed by atoms with Gasteiger partial charge in [0.2, 0.25) is 0 Å². The van der Waals surface area contributed by atoms with Gasteiger partial charge in [0.15, 0.2) is 6.79 Å². The molecule has 1 atom stereocenters. The lowest BCUT2D eigenvalue weighted by Gasteiger charge is -2.08. The van der Waals surface area contributed by atoms with E-state index in [4.69, 9.17) is 21.2 Å². The molecule has 1 N–H and O–H groups in total. The summed E-state index contributed by atoms with van der Waals surface area (Å²) in [6.07, 6.45) is 0. The molecule has 0 fully saturated rings. The van der Waals surface area contributed by atoms with Crippen molar-refractivity contribution in [3.8, 4) is 5.75 Å². The van der Waals surface area contributed by atoms with Gasteiger partial charge in [-0.2, -0.15) is 0 Å². The zero-order valence-electron chi connectivity index (χ0n) is 8.29. The molecule has 16 heavy (non-hydrogen) atoms. The number of ether oxygens (including phenoxy) is 1. The molecular weight excluding hydrogens is 257 g/mol. The minimum Gasteiger partial charge on any atom is -0.465 e. The van der Waals surface area contributed by atoms with Gasteiger partial charge in [0.25, 0.3) is 0 Å². The van der Waals surface area contributed by atoms with E-state index in [0.717, 1.165) is 5.56 Å². The second-order valence-corrected chi connectivity index (χ2v) is 4.71. The maximum absolute atomic E-state index is 10.7. The van der Waals surface area contributed by atoms with E-state index in [1.54, 1.807) is 18.2 Å². The number of aryl methyl sites for hydroxylation is 1. The van der Waals surface area contributed by atoms with Crippen LogP contribution in [0, 0.1) is 11.8 Å². The lowest BCUT2D eigenvalue weighted by Crippen LogP contribution is -2.00. The summed E-state index contributed by atoms with van der Waals surface area (Å²) in [5.41, 5.74) is 0.945. The molecule has 0 aromatic heterocycles. The third kappa shape index (κ3) is 3.90. The minimum atomic E-state index is -4.43. The first-order valence-corrected chi connectivity index (χ1v) is 6.06. The Labute approximate surface area is 96.7 Å². The number of hydrogen-bond acceptors (Lipinski definition) is 4. The van der Waals surface area contributed by atoms with Crippen LogP contribution >= 0.6 is 19.3 Å². The van der Waals surface area contributed by atoms with E-state index < -0.39 is 14.5 Å². The van der Waals surface area contributed by atoms with Crippen molar-refractivity contribution in [1.82, 2.24) is 0 Å². The molecule has 0 amide bonds. The molecule has 0 aliphatic rings. The van der Waals surface area contributed by atoms with Gasteiger partial charge in [0.05, 0.1) is 5.02 Å². The van der Waals surface area contributed by atoms with Crippen LogP contribution in [0.5, 0.6) is 5.75 Å². The molecule has 0 bridgehead atoms. The third-order valence-electron chi connectivity index (χ3n) is 1.63. The summed E-state index contributed by atoms with van der Waals surface area (Å²) >= 11 is 5.82. The highest BCUT2D eigenvalue weighted by molar-refractivity contribution is 7.51. The average Bonchev–Trinajstić information content (AvgIpc) is 2.21. The smallest absolute Gasteiger partial charge is 0.465 e. The van der Waals surface area contributed by atoms with Crippen LogP contribution in [0.4, 0.5) is 0 Å². The van der Waals surface area contributed by atoms with Crippen LogP contribution in [0.3, 0.4) is 0 Å². The van der Waals surface area contributed by atoms with Crippen LogP contribution in [-0.2, 0) is 9.09 Å². The van der Waals surface area contributed by atoms with Gasteiger partial charge >= 0.3 is 7.75 Å². The number of nitrogens with zero attached hydrogens (tertiary/aromatic N) is 1. The molecule has 0 radical (unpaired) electrons. The topological polar surface area (TPSA) is 85.2 Å². The van der Waals surface area contributed by atoms with Crippen molar-refractivity contribution in [2.75, 3.05) is 6.79 Å². The normalized spacial score (nSPS) is 14.2. The van der Waals surface area contributed by atoms with Crippen LogP contribution < -0.4 is 4.74 Å². The predicted octanol–water partition coefficient (Wildman–Crippen LogP) is 2.87. The molecular formula is C8H9ClNO5P. The van der Waals surface area contributed by atoms with Crippen molar-refractivity contribution in [3.63, 3.8) is 0 Å². The van der Waals surface area contributed by atoms with Crippen molar-refractivity contribution >= 4 is 19.3 Å². The summed E-state index contributed by atoms with van der Waals surface area (Å²) in [7, 11) is -4.43. The fraction of sp³-hybridized carbons (Fsp3) is 0.250. The van der Waals surface area contributed by atoms with Gasteiger partial charge < -0.3 is 9.63 Å². The highest BCUT2D eigenvalue weighted by Crippen LogP contribution is 2.42. The van der Waals surface area contributed by atoms with E-state index in [2.05, 4.69) is 4.52 Å². The molecule has 88 valence electrons. The van der Waals surface area contributed by atoms with Crippen LogP contribution in [0.25, 0.3) is 0 Å². The average molecular weight is 266 g/mol. The molecule has 1 rings (SSSR count). The second kappa shape index (κ2) is 5.41. The Morgan fingerprint density at radius 3 is 2.81 bits per heavy atom. The summed E-state index contributed by atoms with van der Waals surface area (Å²) in [5.74, 6) is 0.290. The zero-order chi connectivity index (χ0) is 12.2. The molecule has 0 aliphatic carbocycles. The van der Waals surface area contributed by atoms with E-state index in [1.165, 1.54) is 0 Å². The molecule has 0 aliphatic heterocycles. The van der Waals surface area contributed by atoms with Gasteiger partial charge in [0, 0.05) is 4.95 Å². The number of nitroso groups, excluding NO2 is 1. The van der Waals surface area contributed by atoms with E-state index >= 15 is 0 Å². The highest BCUT2D eigenvalue weighted by atomic mass is 35.5. The third-order valence-corrected chi connectivity index (χ3v) is 2.57. The largest absolute Gasteiger partial charge is 0.490 e. The summed E-state index contributed by atoms with van der Waals surface area (Å²) in [5, 5.41) is 0.343. The lowest BCUT2D eigenvalue weighted by atomic mass is 10.2. The molecule has 0 spiro atoms. The molecule has 8 heteroatoms. The lowest BCUT2D eigenvalue weighted by molar-refractivity contribution is 0.106. The Kier molecular flexibility index (Phi) is 4.44. The molecule has 1 aromatic carbocycles. The van der Waals surface area contributed by atoms with Gasteiger partial charge in [-0.25, -0.2) is 4.57 Å². The van der Waals surface area contributed by atoms with Gasteiger partial charge in [0.1, 0.15) is 5.75 Å². The van der Waals surface area contributed by atoms with Crippen molar-refractivity contribution < 1.29 is 18.7 Å². The number of rotatable bonds is 5. The monoisotopic (exact) mass is 265 g/mol. The van der Waals surface area contributed by atoms with Gasteiger partial charge in [-0.1, -0.05) is 17.7 Å². The van der Waals surface area contributed by atoms with Crippen LogP contribution in [0.1, 0.15) is 5.56 Å². The molecule has 1 aromatic rings. The standard InChI is InChI=1S/C8H9ClNO5P/c1-6-2-3-8(7(9)4-6)14-5-15-16(12,13)10-11/h2-4H,5H2,1H3,(H,12,13). The van der Waals surface area contributed by atoms with Gasteiger partial charge in [-0.05, 0) is 24.6 Å². The Balaban J connectivity index is 2.56. The van der Waals surface area contributed by atoms with Crippen molar-refractivity contribution in [3.05, 3.63) is 33.7 Å². The van der Waals surface area contributed by atoms with Crippen LogP contribution in [0.15, 0.2) is 23.1 Å². The molecule has 6 nitrogen and oxygen atoms in total. The first-order valence-electron chi connectivity index (χ1n) is 4.16. The summed E-state index contributed by atoms with van der Waals surface area (Å²) in [6.45, 7) is 1.27. The first-order chi connectivity index (χ1) is 7.44. The Morgan fingerprint density at radius 2 is 2.25 bits per heavy atom. The minimum absolute atomic E-state index is 0.290. The van der Waals surface area contributed by atoms with Crippen LogP contribution in [0.2, 0.25) is 5.02 Å². The molecule has 0 saturated carbocycles. The van der Waals surface area contributed by atoms with Crippen molar-refractivity contribution in [2.45, 2.75) is 6.92 Å². The van der Waals surface area contributed by atoms with E-state index in [0.29, 0.717) is 5.02 Å². The fourth-order valence-corrected chi connectivity index (χ4v) is 1.43. The SMILES string of the molecule is Cc1ccc(OCOP(=O)(O)N=O)c(Cl)c1. The summed E-state index contributed by atoms with van der Waals surface area (Å²) < 4.78 is 19.8. The second-order valence-electron chi connectivity index (χ2n) is 2.90. The predicted molar refractivity (Wildman–Crippen MR) is 58.4 cm³/mol. The first kappa shape index (κ1) is 13.1. The number of halogens is 1. The molecule has 0 saturated heterocycles. The Morgan fingerprint density at radius 1 is 1.56 bits per heavy atom. The number of benzene rings is 1. The maximum Gasteiger partial charge on any atom is 0.490 e. The van der Waals surface area contributed by atoms with Crippen molar-refractivity contribution in [1.29, 1.82) is 0 Å². The maximum atomic E-state index is 10.7. The quantitative estimate of drug-likeness (QED) is 0.502. The van der Waals surface area contributed by atoms with E-state index in [-0.39, 0.29) is 5.75 Å². The fourth-order valence-electron chi connectivity index (χ4n) is 0.905. The molecule has 1 unspecified atom stereocenters. The van der Waals surface area contributed by atoms with Gasteiger partial charge in [-0.3, -0.25) is 4.52 Å². The molecule has 0 heterocycles. The van der Waals surface area contributed by atoms with Gasteiger partial charge in [-0.15, -0.1) is 4.91 Å². The number of hydrogen-bond donors (Lipinski definition) is 1. The van der Waals surface area contributed by atoms with E-state index in [1.807, 2.05) is 11.9 Å². The summed E-state index contributed by atoms with van der Waals surface area (Å²) in [6, 6.07) is 4.99.